The maximum absolute atomic E-state index is 5.45. The fourth-order valence-electron chi connectivity index (χ4n) is 1.24. The molecule has 0 spiro atoms. The lowest BCUT2D eigenvalue weighted by atomic mass is 10.4. The molecule has 0 aliphatic heterocycles. The van der Waals surface area contributed by atoms with E-state index in [0.29, 0.717) is 6.61 Å². The second kappa shape index (κ2) is 7.06. The predicted molar refractivity (Wildman–Crippen MR) is 62.4 cm³/mol. The second-order valence-corrected chi connectivity index (χ2v) is 3.06. The Morgan fingerprint density at radius 2 is 2.20 bits per heavy atom. The van der Waals surface area contributed by atoms with Gasteiger partial charge in [0.15, 0.2) is 11.6 Å². The molecule has 0 saturated heterocycles. The van der Waals surface area contributed by atoms with E-state index in [0.717, 1.165) is 31.2 Å². The molecule has 0 aliphatic carbocycles. The summed E-state index contributed by atoms with van der Waals surface area (Å²) < 4.78 is 5.45. The molecule has 0 fully saturated rings. The largest absolute Gasteiger partial charge is 0.490 e. The summed E-state index contributed by atoms with van der Waals surface area (Å²) in [5, 5.41) is 6.47. The van der Waals surface area contributed by atoms with Crippen LogP contribution in [0, 0.1) is 0 Å². The molecule has 0 radical (unpaired) electrons. The average Bonchev–Trinajstić information content (AvgIpc) is 2.27. The van der Waals surface area contributed by atoms with Crippen molar-refractivity contribution in [2.45, 2.75) is 13.8 Å². The minimum absolute atomic E-state index is 0.660. The lowest BCUT2D eigenvalue weighted by Crippen LogP contribution is -2.22. The highest BCUT2D eigenvalue weighted by Crippen LogP contribution is 2.19. The third kappa shape index (κ3) is 4.16. The molecule has 4 nitrogen and oxygen atoms in total. The van der Waals surface area contributed by atoms with Gasteiger partial charge in [0.1, 0.15) is 0 Å². The van der Waals surface area contributed by atoms with Gasteiger partial charge in [0.2, 0.25) is 0 Å². The van der Waals surface area contributed by atoms with Gasteiger partial charge in [0.05, 0.1) is 6.61 Å². The summed E-state index contributed by atoms with van der Waals surface area (Å²) in [6, 6.07) is 3.80. The zero-order chi connectivity index (χ0) is 10.9. The molecular weight excluding hydrogens is 190 g/mol. The molecule has 1 rings (SSSR count). The van der Waals surface area contributed by atoms with Crippen LogP contribution in [0.3, 0.4) is 0 Å². The lowest BCUT2D eigenvalue weighted by Gasteiger charge is -2.10. The maximum atomic E-state index is 5.45. The smallest absolute Gasteiger partial charge is 0.168 e. The molecule has 4 heteroatoms. The number of pyridine rings is 1. The number of likely N-dealkylation sites (N-methyl/N-ethyl adjacent to an activating group) is 1. The Balaban J connectivity index is 2.44. The van der Waals surface area contributed by atoms with Crippen LogP contribution in [-0.4, -0.2) is 31.2 Å². The SMILES string of the molecule is CCNCCNc1ncccc1OCC. The predicted octanol–water partition coefficient (Wildman–Crippen LogP) is 1.50. The fraction of sp³-hybridized carbons (Fsp3) is 0.545. The summed E-state index contributed by atoms with van der Waals surface area (Å²) in [4.78, 5) is 4.23. The van der Waals surface area contributed by atoms with E-state index in [1.54, 1.807) is 6.20 Å². The van der Waals surface area contributed by atoms with E-state index in [2.05, 4.69) is 22.5 Å². The molecule has 15 heavy (non-hydrogen) atoms. The molecular formula is C11H19N3O. The number of hydrogen-bond acceptors (Lipinski definition) is 4. The minimum Gasteiger partial charge on any atom is -0.490 e. The maximum Gasteiger partial charge on any atom is 0.168 e. The van der Waals surface area contributed by atoms with E-state index in [9.17, 15) is 0 Å². The van der Waals surface area contributed by atoms with Crippen LogP contribution >= 0.6 is 0 Å². The average molecular weight is 209 g/mol. The number of hydrogen-bond donors (Lipinski definition) is 2. The standard InChI is InChI=1S/C11H19N3O/c1-3-12-8-9-14-11-10(15-4-2)6-5-7-13-11/h5-7,12H,3-4,8-9H2,1-2H3,(H,13,14). The minimum atomic E-state index is 0.660. The van der Waals surface area contributed by atoms with Crippen LogP contribution in [-0.2, 0) is 0 Å². The highest BCUT2D eigenvalue weighted by Gasteiger charge is 2.01. The summed E-state index contributed by atoms with van der Waals surface area (Å²) in [6.07, 6.45) is 1.76. The van der Waals surface area contributed by atoms with Crippen molar-refractivity contribution in [3.05, 3.63) is 18.3 Å². The zero-order valence-corrected chi connectivity index (χ0v) is 9.42. The number of ether oxygens (including phenoxy) is 1. The Morgan fingerprint density at radius 3 is 2.93 bits per heavy atom. The van der Waals surface area contributed by atoms with E-state index in [-0.39, 0.29) is 0 Å². The van der Waals surface area contributed by atoms with E-state index in [4.69, 9.17) is 4.74 Å². The van der Waals surface area contributed by atoms with Crippen molar-refractivity contribution in [2.75, 3.05) is 31.6 Å². The number of anilines is 1. The van der Waals surface area contributed by atoms with Crippen LogP contribution in [0.1, 0.15) is 13.8 Å². The first-order chi connectivity index (χ1) is 7.38. The molecule has 0 unspecified atom stereocenters. The van der Waals surface area contributed by atoms with Gasteiger partial charge in [-0.3, -0.25) is 0 Å². The summed E-state index contributed by atoms with van der Waals surface area (Å²) in [5.41, 5.74) is 0. The third-order valence-corrected chi connectivity index (χ3v) is 1.91. The second-order valence-electron chi connectivity index (χ2n) is 3.06. The molecule has 0 aromatic carbocycles. The van der Waals surface area contributed by atoms with E-state index < -0.39 is 0 Å². The van der Waals surface area contributed by atoms with E-state index in [1.165, 1.54) is 0 Å². The van der Waals surface area contributed by atoms with Crippen LogP contribution in [0.5, 0.6) is 5.75 Å². The van der Waals surface area contributed by atoms with Crippen molar-refractivity contribution in [3.8, 4) is 5.75 Å². The quantitative estimate of drug-likeness (QED) is 0.668. The van der Waals surface area contributed by atoms with Crippen molar-refractivity contribution in [2.24, 2.45) is 0 Å². The summed E-state index contributed by atoms with van der Waals surface area (Å²) in [5.74, 6) is 1.63. The van der Waals surface area contributed by atoms with Crippen LogP contribution in [0.15, 0.2) is 18.3 Å². The molecule has 1 aromatic heterocycles. The Labute approximate surface area is 91.1 Å². The van der Waals surface area contributed by atoms with Gasteiger partial charge >= 0.3 is 0 Å². The van der Waals surface area contributed by atoms with Gasteiger partial charge < -0.3 is 15.4 Å². The van der Waals surface area contributed by atoms with E-state index >= 15 is 0 Å². The molecule has 84 valence electrons. The summed E-state index contributed by atoms with van der Waals surface area (Å²) in [7, 11) is 0. The number of nitrogens with zero attached hydrogens (tertiary/aromatic N) is 1. The molecule has 0 bridgehead atoms. The first kappa shape index (κ1) is 11.8. The van der Waals surface area contributed by atoms with Crippen molar-refractivity contribution in [1.82, 2.24) is 10.3 Å². The van der Waals surface area contributed by atoms with Crippen LogP contribution < -0.4 is 15.4 Å². The van der Waals surface area contributed by atoms with E-state index in [1.807, 2.05) is 19.1 Å². The zero-order valence-electron chi connectivity index (χ0n) is 9.42. The van der Waals surface area contributed by atoms with Crippen LogP contribution in [0.25, 0.3) is 0 Å². The van der Waals surface area contributed by atoms with Gasteiger partial charge in [-0.2, -0.15) is 0 Å². The Hall–Kier alpha value is -1.29. The third-order valence-electron chi connectivity index (χ3n) is 1.91. The first-order valence-electron chi connectivity index (χ1n) is 5.40. The van der Waals surface area contributed by atoms with Crippen molar-refractivity contribution >= 4 is 5.82 Å². The first-order valence-corrected chi connectivity index (χ1v) is 5.40. The molecule has 0 aliphatic rings. The molecule has 0 atom stereocenters. The summed E-state index contributed by atoms with van der Waals surface area (Å²) in [6.45, 7) is 7.49. The normalized spacial score (nSPS) is 10.0. The Morgan fingerprint density at radius 1 is 1.33 bits per heavy atom. The van der Waals surface area contributed by atoms with Gasteiger partial charge in [-0.25, -0.2) is 4.98 Å². The lowest BCUT2D eigenvalue weighted by molar-refractivity contribution is 0.340. The van der Waals surface area contributed by atoms with Gasteiger partial charge in [-0.15, -0.1) is 0 Å². The van der Waals surface area contributed by atoms with Crippen molar-refractivity contribution in [1.29, 1.82) is 0 Å². The Bertz CT molecular complexity index is 278. The molecule has 2 N–H and O–H groups in total. The monoisotopic (exact) mass is 209 g/mol. The number of nitrogens with one attached hydrogen (secondary N) is 2. The van der Waals surface area contributed by atoms with Crippen LogP contribution in [0.2, 0.25) is 0 Å². The highest BCUT2D eigenvalue weighted by atomic mass is 16.5. The Kier molecular flexibility index (Phi) is 5.55. The fourth-order valence-corrected chi connectivity index (χ4v) is 1.24. The molecule has 1 heterocycles. The molecule has 0 amide bonds. The van der Waals surface area contributed by atoms with Gasteiger partial charge in [-0.1, -0.05) is 6.92 Å². The van der Waals surface area contributed by atoms with Crippen molar-refractivity contribution in [3.63, 3.8) is 0 Å². The van der Waals surface area contributed by atoms with Crippen LogP contribution in [0.4, 0.5) is 5.82 Å². The van der Waals surface area contributed by atoms with Crippen molar-refractivity contribution < 1.29 is 4.74 Å². The van der Waals surface area contributed by atoms with Gasteiger partial charge in [0.25, 0.3) is 0 Å². The number of aromatic nitrogens is 1. The number of rotatable bonds is 7. The highest BCUT2D eigenvalue weighted by molar-refractivity contribution is 5.49. The topological polar surface area (TPSA) is 46.2 Å². The summed E-state index contributed by atoms with van der Waals surface area (Å²) >= 11 is 0. The molecule has 1 aromatic rings. The van der Waals surface area contributed by atoms with Gasteiger partial charge in [-0.05, 0) is 25.6 Å². The van der Waals surface area contributed by atoms with Gasteiger partial charge in [0, 0.05) is 19.3 Å². The molecule has 0 saturated carbocycles.